The zero-order valence-electron chi connectivity index (χ0n) is 27.9. The van der Waals surface area contributed by atoms with Crippen LogP contribution in [0.25, 0.3) is 0 Å². The molecule has 6 nitrogen and oxygen atoms in total. The Labute approximate surface area is 267 Å². The highest BCUT2D eigenvalue weighted by molar-refractivity contribution is 5.36. The maximum absolute atomic E-state index is 13.9. The van der Waals surface area contributed by atoms with Crippen LogP contribution in [0.1, 0.15) is 122 Å². The number of aryl methyl sites for hydroxylation is 2. The van der Waals surface area contributed by atoms with Gasteiger partial charge in [-0.05, 0) is 81.3 Å². The van der Waals surface area contributed by atoms with Crippen molar-refractivity contribution in [2.45, 2.75) is 128 Å². The van der Waals surface area contributed by atoms with E-state index in [-0.39, 0.29) is 0 Å². The van der Waals surface area contributed by atoms with E-state index in [4.69, 9.17) is 9.47 Å². The first kappa shape index (κ1) is 34.1. The van der Waals surface area contributed by atoms with Crippen molar-refractivity contribution in [3.63, 3.8) is 0 Å². The SMILES string of the molecule is CCCCCCCCCCCCOc1ccc([C@@]2(C)CC[C@@](C)(c3ccc(OCCCCn4cc[n+](C)c4)cc3)N2[O])cc1. The number of rotatable bonds is 20. The molecule has 0 amide bonds. The van der Waals surface area contributed by atoms with Gasteiger partial charge in [0.05, 0.1) is 37.9 Å². The second kappa shape index (κ2) is 17.0. The van der Waals surface area contributed by atoms with Gasteiger partial charge in [-0.3, -0.25) is 0 Å². The Kier molecular flexibility index (Phi) is 13.2. The largest absolute Gasteiger partial charge is 0.494 e. The molecule has 44 heavy (non-hydrogen) atoms. The van der Waals surface area contributed by atoms with Crippen LogP contribution in [0.2, 0.25) is 0 Å². The Balaban J connectivity index is 1.18. The number of unbranched alkanes of at least 4 members (excludes halogenated alkanes) is 10. The first-order valence-electron chi connectivity index (χ1n) is 17.3. The number of hydrogen-bond acceptors (Lipinski definition) is 3. The van der Waals surface area contributed by atoms with Crippen LogP contribution in [0.4, 0.5) is 0 Å². The van der Waals surface area contributed by atoms with E-state index < -0.39 is 11.1 Å². The highest BCUT2D eigenvalue weighted by atomic mass is 16.5. The van der Waals surface area contributed by atoms with Gasteiger partial charge < -0.3 is 9.47 Å². The molecule has 1 radical (unpaired) electrons. The van der Waals surface area contributed by atoms with Crippen molar-refractivity contribution in [1.29, 1.82) is 0 Å². The summed E-state index contributed by atoms with van der Waals surface area (Å²) in [6.45, 7) is 8.87. The third-order valence-electron chi connectivity index (χ3n) is 9.62. The van der Waals surface area contributed by atoms with Gasteiger partial charge in [0.15, 0.2) is 0 Å². The Morgan fingerprint density at radius 1 is 0.682 bits per heavy atom. The van der Waals surface area contributed by atoms with Gasteiger partial charge in [-0.2, -0.15) is 0 Å². The van der Waals surface area contributed by atoms with E-state index in [2.05, 4.69) is 72.9 Å². The molecule has 4 rings (SSSR count). The second-order valence-corrected chi connectivity index (χ2v) is 13.3. The van der Waals surface area contributed by atoms with E-state index in [0.29, 0.717) is 6.61 Å². The molecular formula is C38H57N3O3+. The lowest BCUT2D eigenvalue weighted by atomic mass is 9.89. The van der Waals surface area contributed by atoms with Crippen LogP contribution in [0.15, 0.2) is 67.3 Å². The summed E-state index contributed by atoms with van der Waals surface area (Å²) in [5, 5.41) is 15.2. The quantitative estimate of drug-likeness (QED) is 0.0956. The number of imidazole rings is 1. The van der Waals surface area contributed by atoms with Crippen LogP contribution in [0.5, 0.6) is 11.5 Å². The molecule has 3 aromatic rings. The molecule has 2 atom stereocenters. The predicted octanol–water partition coefficient (Wildman–Crippen LogP) is 9.04. The molecule has 1 aromatic heterocycles. The summed E-state index contributed by atoms with van der Waals surface area (Å²) >= 11 is 0. The van der Waals surface area contributed by atoms with E-state index in [1.165, 1.54) is 62.9 Å². The van der Waals surface area contributed by atoms with Crippen LogP contribution in [-0.2, 0) is 29.9 Å². The predicted molar refractivity (Wildman–Crippen MR) is 177 cm³/mol. The highest BCUT2D eigenvalue weighted by Gasteiger charge is 2.52. The first-order valence-corrected chi connectivity index (χ1v) is 17.3. The van der Waals surface area contributed by atoms with Crippen molar-refractivity contribution < 1.29 is 19.2 Å². The number of nitrogens with zero attached hydrogens (tertiary/aromatic N) is 3. The zero-order chi connectivity index (χ0) is 31.3. The normalized spacial score (nSPS) is 20.3. The highest BCUT2D eigenvalue weighted by Crippen LogP contribution is 2.51. The molecule has 241 valence electrons. The minimum atomic E-state index is -0.579. The Hall–Kier alpha value is -2.83. The lowest BCUT2D eigenvalue weighted by molar-refractivity contribution is -0.671. The summed E-state index contributed by atoms with van der Waals surface area (Å²) in [6.07, 6.45) is 23.2. The average molecular weight is 604 g/mol. The van der Waals surface area contributed by atoms with Crippen molar-refractivity contribution in [3.05, 3.63) is 78.4 Å². The van der Waals surface area contributed by atoms with Crippen LogP contribution < -0.4 is 14.0 Å². The van der Waals surface area contributed by atoms with E-state index in [0.717, 1.165) is 67.9 Å². The van der Waals surface area contributed by atoms with Crippen LogP contribution in [0, 0.1) is 0 Å². The Bertz CT molecular complexity index is 1220. The summed E-state index contributed by atoms with van der Waals surface area (Å²) in [6, 6.07) is 16.4. The Morgan fingerprint density at radius 3 is 1.59 bits per heavy atom. The molecule has 1 aliphatic rings. The number of hydrogen-bond donors (Lipinski definition) is 0. The topological polar surface area (TPSA) is 50.4 Å². The summed E-state index contributed by atoms with van der Waals surface area (Å²) in [4.78, 5) is 0. The summed E-state index contributed by atoms with van der Waals surface area (Å²) < 4.78 is 16.3. The molecule has 1 aliphatic heterocycles. The van der Waals surface area contributed by atoms with Gasteiger partial charge in [0.2, 0.25) is 6.33 Å². The smallest absolute Gasteiger partial charge is 0.243 e. The summed E-state index contributed by atoms with van der Waals surface area (Å²) in [5.74, 6) is 1.75. The molecule has 0 spiro atoms. The molecule has 0 N–H and O–H groups in total. The standard InChI is InChI=1S/C38H57N3O3/c1-5-6-7-8-9-10-11-12-13-15-30-43-35-21-17-33(18-22-35)37(2)25-26-38(3,41(37)42)34-19-23-36(24-20-34)44-31-16-14-27-40-29-28-39(4)32-40/h17-24,28-29,32H,5-16,25-27,30-31H2,1-4H3/q+1/t37-,38+/m1/s1. The van der Waals surface area contributed by atoms with Gasteiger partial charge >= 0.3 is 0 Å². The van der Waals surface area contributed by atoms with E-state index in [9.17, 15) is 5.21 Å². The van der Waals surface area contributed by atoms with Crippen molar-refractivity contribution >= 4 is 0 Å². The van der Waals surface area contributed by atoms with Crippen molar-refractivity contribution in [3.8, 4) is 11.5 Å². The van der Waals surface area contributed by atoms with Gasteiger partial charge in [-0.15, -0.1) is 10.3 Å². The van der Waals surface area contributed by atoms with Gasteiger partial charge in [0.1, 0.15) is 23.9 Å². The minimum Gasteiger partial charge on any atom is -0.494 e. The molecule has 1 saturated heterocycles. The number of hydroxylamine groups is 2. The average Bonchev–Trinajstić information content (AvgIpc) is 3.56. The fraction of sp³-hybridized carbons (Fsp3) is 0.605. The maximum Gasteiger partial charge on any atom is 0.243 e. The first-order chi connectivity index (χ1) is 21.3. The monoisotopic (exact) mass is 603 g/mol. The molecule has 0 unspecified atom stereocenters. The summed E-state index contributed by atoms with van der Waals surface area (Å²) in [5.41, 5.74) is 0.942. The van der Waals surface area contributed by atoms with Crippen molar-refractivity contribution in [1.82, 2.24) is 9.63 Å². The molecule has 0 saturated carbocycles. The number of aromatic nitrogens is 2. The number of ether oxygens (including phenoxy) is 2. The fourth-order valence-electron chi connectivity index (χ4n) is 6.58. The maximum atomic E-state index is 13.9. The molecule has 0 aliphatic carbocycles. The summed E-state index contributed by atoms with van der Waals surface area (Å²) in [7, 11) is 2.04. The molecule has 6 heteroatoms. The third-order valence-corrected chi connectivity index (χ3v) is 9.62. The molecule has 0 bridgehead atoms. The lowest BCUT2D eigenvalue weighted by Crippen LogP contribution is -2.44. The number of benzene rings is 2. The molecular weight excluding hydrogens is 546 g/mol. The lowest BCUT2D eigenvalue weighted by Gasteiger charge is -2.37. The van der Waals surface area contributed by atoms with Crippen LogP contribution >= 0.6 is 0 Å². The molecule has 2 heterocycles. The molecule has 1 fully saturated rings. The minimum absolute atomic E-state index is 0.574. The Morgan fingerprint density at radius 2 is 1.14 bits per heavy atom. The second-order valence-electron chi connectivity index (χ2n) is 13.3. The van der Waals surface area contributed by atoms with Crippen LogP contribution in [0.3, 0.4) is 0 Å². The van der Waals surface area contributed by atoms with Gasteiger partial charge in [-0.25, -0.2) is 9.13 Å². The van der Waals surface area contributed by atoms with E-state index in [1.807, 2.05) is 31.3 Å². The van der Waals surface area contributed by atoms with Crippen molar-refractivity contribution in [2.75, 3.05) is 13.2 Å². The van der Waals surface area contributed by atoms with Gasteiger partial charge in [0, 0.05) is 0 Å². The van der Waals surface area contributed by atoms with Crippen molar-refractivity contribution in [2.24, 2.45) is 7.05 Å². The zero-order valence-corrected chi connectivity index (χ0v) is 27.9. The van der Waals surface area contributed by atoms with E-state index in [1.54, 1.807) is 0 Å². The van der Waals surface area contributed by atoms with Gasteiger partial charge in [-0.1, -0.05) is 89.0 Å². The fourth-order valence-corrected chi connectivity index (χ4v) is 6.58. The van der Waals surface area contributed by atoms with E-state index >= 15 is 0 Å². The molecule has 2 aromatic carbocycles. The van der Waals surface area contributed by atoms with Gasteiger partial charge in [0.25, 0.3) is 0 Å². The third kappa shape index (κ3) is 9.34. The van der Waals surface area contributed by atoms with Crippen LogP contribution in [-0.4, -0.2) is 22.8 Å².